The minimum atomic E-state index is -0.506. The zero-order valence-corrected chi connectivity index (χ0v) is 18.0. The fourth-order valence-electron chi connectivity index (χ4n) is 3.02. The Morgan fingerprint density at radius 1 is 1.03 bits per heavy atom. The number of esters is 2. The van der Waals surface area contributed by atoms with Crippen molar-refractivity contribution >= 4 is 23.3 Å². The maximum Gasteiger partial charge on any atom is 0.335 e. The van der Waals surface area contributed by atoms with Crippen molar-refractivity contribution < 1.29 is 19.1 Å². The average molecular weight is 428 g/mol. The predicted molar refractivity (Wildman–Crippen MR) is 126 cm³/mol. The first-order valence-electron chi connectivity index (χ1n) is 10.1. The Bertz CT molecular complexity index is 1110. The van der Waals surface area contributed by atoms with Crippen LogP contribution in [-0.2, 0) is 20.9 Å². The predicted octanol–water partition coefficient (Wildman–Crippen LogP) is 5.94. The van der Waals surface area contributed by atoms with E-state index in [-0.39, 0.29) is 6.61 Å². The number of hydrogen-bond donors (Lipinski definition) is 0. The van der Waals surface area contributed by atoms with Crippen LogP contribution in [0.1, 0.15) is 18.9 Å². The molecule has 0 bridgehead atoms. The van der Waals surface area contributed by atoms with Crippen LogP contribution in [0.15, 0.2) is 109 Å². The quantitative estimate of drug-likeness (QED) is 0.297. The molecule has 2 aromatic rings. The molecular formula is C27H25NO4. The third kappa shape index (κ3) is 5.73. The van der Waals surface area contributed by atoms with Crippen LogP contribution in [0.25, 0.3) is 0 Å². The largest absolute Gasteiger partial charge is 0.457 e. The van der Waals surface area contributed by atoms with Crippen LogP contribution >= 0.6 is 0 Å². The van der Waals surface area contributed by atoms with Gasteiger partial charge in [-0.05, 0) is 61.4 Å². The Morgan fingerprint density at radius 2 is 1.66 bits per heavy atom. The van der Waals surface area contributed by atoms with Gasteiger partial charge in [-0.3, -0.25) is 0 Å². The van der Waals surface area contributed by atoms with Gasteiger partial charge in [0.05, 0.1) is 0 Å². The van der Waals surface area contributed by atoms with E-state index >= 15 is 0 Å². The van der Waals surface area contributed by atoms with Gasteiger partial charge in [-0.25, -0.2) is 9.59 Å². The summed E-state index contributed by atoms with van der Waals surface area (Å²) < 4.78 is 10.4. The molecule has 0 amide bonds. The van der Waals surface area contributed by atoms with E-state index in [0.29, 0.717) is 11.3 Å². The smallest absolute Gasteiger partial charge is 0.335 e. The van der Waals surface area contributed by atoms with Crippen molar-refractivity contribution in [1.82, 2.24) is 0 Å². The second-order valence-electron chi connectivity index (χ2n) is 7.30. The SMILES string of the molecule is C=CC(=O)Oc1ccc(N(C2=CCC(=C)C=C2)c2ccc(COC(=O)C(=C)C)cc2)cc1. The Balaban J connectivity index is 1.87. The first-order valence-corrected chi connectivity index (χ1v) is 10.1. The molecular weight excluding hydrogens is 402 g/mol. The van der Waals surface area contributed by atoms with Crippen LogP contribution in [0.3, 0.4) is 0 Å². The summed E-state index contributed by atoms with van der Waals surface area (Å²) in [6, 6.07) is 15.0. The zero-order chi connectivity index (χ0) is 23.1. The Hall–Kier alpha value is -4.12. The van der Waals surface area contributed by atoms with Gasteiger partial charge < -0.3 is 14.4 Å². The van der Waals surface area contributed by atoms with Crippen molar-refractivity contribution in [3.05, 3.63) is 115 Å². The summed E-state index contributed by atoms with van der Waals surface area (Å²) in [6.45, 7) is 12.8. The van der Waals surface area contributed by atoms with Gasteiger partial charge in [-0.15, -0.1) is 0 Å². The highest BCUT2D eigenvalue weighted by atomic mass is 16.5. The molecule has 0 N–H and O–H groups in total. The van der Waals surface area contributed by atoms with E-state index in [9.17, 15) is 9.59 Å². The van der Waals surface area contributed by atoms with Gasteiger partial charge in [0, 0.05) is 28.7 Å². The van der Waals surface area contributed by atoms with E-state index in [0.717, 1.165) is 40.7 Å². The summed E-state index contributed by atoms with van der Waals surface area (Å²) in [4.78, 5) is 25.2. The fourth-order valence-corrected chi connectivity index (χ4v) is 3.02. The number of anilines is 2. The third-order valence-electron chi connectivity index (χ3n) is 4.71. The molecule has 1 aliphatic carbocycles. The molecule has 0 unspecified atom stereocenters. The summed E-state index contributed by atoms with van der Waals surface area (Å²) in [5.41, 5.74) is 5.10. The van der Waals surface area contributed by atoms with E-state index in [4.69, 9.17) is 9.47 Å². The molecule has 1 aliphatic rings. The number of benzene rings is 2. The fraction of sp³-hybridized carbons (Fsp3) is 0.111. The summed E-state index contributed by atoms with van der Waals surface area (Å²) in [5.74, 6) is -0.477. The average Bonchev–Trinajstić information content (AvgIpc) is 2.80. The molecule has 0 radical (unpaired) electrons. The van der Waals surface area contributed by atoms with Crippen LogP contribution in [0.4, 0.5) is 11.4 Å². The lowest BCUT2D eigenvalue weighted by Crippen LogP contribution is -2.16. The van der Waals surface area contributed by atoms with Crippen LogP contribution < -0.4 is 9.64 Å². The van der Waals surface area contributed by atoms with Crippen LogP contribution in [0, 0.1) is 0 Å². The van der Waals surface area contributed by atoms with E-state index in [2.05, 4.69) is 30.7 Å². The third-order valence-corrected chi connectivity index (χ3v) is 4.71. The molecule has 0 saturated heterocycles. The monoisotopic (exact) mass is 427 g/mol. The lowest BCUT2D eigenvalue weighted by atomic mass is 10.1. The van der Waals surface area contributed by atoms with Gasteiger partial charge >= 0.3 is 11.9 Å². The second-order valence-corrected chi connectivity index (χ2v) is 7.30. The van der Waals surface area contributed by atoms with Gasteiger partial charge in [0.15, 0.2) is 0 Å². The molecule has 0 aliphatic heterocycles. The number of allylic oxidation sites excluding steroid dienone is 4. The lowest BCUT2D eigenvalue weighted by Gasteiger charge is -2.28. The number of nitrogens with zero attached hydrogens (tertiary/aromatic N) is 1. The molecule has 0 atom stereocenters. The van der Waals surface area contributed by atoms with Gasteiger partial charge in [-0.2, -0.15) is 0 Å². The Morgan fingerprint density at radius 3 is 2.19 bits per heavy atom. The standard InChI is InChI=1S/C27H25NO4/c1-5-26(29)32-25-16-14-24(15-17-25)28(22-10-6-20(4)7-11-22)23-12-8-21(9-13-23)18-31-27(30)19(2)3/h5-6,8-17H,1-2,4,7,18H2,3H3. The van der Waals surface area contributed by atoms with Gasteiger partial charge in [-0.1, -0.05) is 49.6 Å². The van der Waals surface area contributed by atoms with Crippen molar-refractivity contribution in [3.8, 4) is 5.75 Å². The number of carbonyl (C=O) groups excluding carboxylic acids is 2. The molecule has 0 fully saturated rings. The van der Waals surface area contributed by atoms with Crippen molar-refractivity contribution in [2.24, 2.45) is 0 Å². The van der Waals surface area contributed by atoms with Crippen molar-refractivity contribution in [3.63, 3.8) is 0 Å². The summed E-state index contributed by atoms with van der Waals surface area (Å²) >= 11 is 0. The highest BCUT2D eigenvalue weighted by Crippen LogP contribution is 2.33. The first-order chi connectivity index (χ1) is 15.4. The van der Waals surface area contributed by atoms with Gasteiger partial charge in [0.1, 0.15) is 12.4 Å². The lowest BCUT2D eigenvalue weighted by molar-refractivity contribution is -0.140. The number of carbonyl (C=O) groups is 2. The van der Waals surface area contributed by atoms with E-state index in [1.807, 2.05) is 48.6 Å². The van der Waals surface area contributed by atoms with E-state index in [1.165, 1.54) is 0 Å². The summed E-state index contributed by atoms with van der Waals surface area (Å²) in [5, 5.41) is 0. The number of rotatable bonds is 8. The van der Waals surface area contributed by atoms with Crippen LogP contribution in [-0.4, -0.2) is 11.9 Å². The van der Waals surface area contributed by atoms with Gasteiger partial charge in [0.25, 0.3) is 0 Å². The molecule has 0 saturated carbocycles. The van der Waals surface area contributed by atoms with Crippen molar-refractivity contribution in [2.45, 2.75) is 20.0 Å². The second kappa shape index (κ2) is 10.3. The topological polar surface area (TPSA) is 55.8 Å². The van der Waals surface area contributed by atoms with E-state index < -0.39 is 11.9 Å². The number of ether oxygens (including phenoxy) is 2. The molecule has 5 nitrogen and oxygen atoms in total. The molecule has 162 valence electrons. The van der Waals surface area contributed by atoms with Crippen molar-refractivity contribution in [1.29, 1.82) is 0 Å². The molecule has 3 rings (SSSR count). The zero-order valence-electron chi connectivity index (χ0n) is 18.0. The minimum absolute atomic E-state index is 0.178. The van der Waals surface area contributed by atoms with Crippen LogP contribution in [0.2, 0.25) is 0 Å². The normalized spacial score (nSPS) is 12.5. The van der Waals surface area contributed by atoms with Crippen LogP contribution in [0.5, 0.6) is 5.75 Å². The summed E-state index contributed by atoms with van der Waals surface area (Å²) in [6.07, 6.45) is 8.00. The van der Waals surface area contributed by atoms with Gasteiger partial charge in [0.2, 0.25) is 0 Å². The molecule has 0 aromatic heterocycles. The molecule has 2 aromatic carbocycles. The minimum Gasteiger partial charge on any atom is -0.457 e. The molecule has 5 heteroatoms. The maximum atomic E-state index is 11.6. The highest BCUT2D eigenvalue weighted by Gasteiger charge is 2.15. The molecule has 0 spiro atoms. The first kappa shape index (κ1) is 22.6. The molecule has 32 heavy (non-hydrogen) atoms. The van der Waals surface area contributed by atoms with Crippen molar-refractivity contribution in [2.75, 3.05) is 4.90 Å². The Labute approximate surface area is 188 Å². The number of hydrogen-bond acceptors (Lipinski definition) is 5. The molecule has 0 heterocycles. The highest BCUT2D eigenvalue weighted by molar-refractivity contribution is 5.87. The Kier molecular flexibility index (Phi) is 7.24. The maximum absolute atomic E-state index is 11.6. The van der Waals surface area contributed by atoms with E-state index in [1.54, 1.807) is 19.1 Å². The summed E-state index contributed by atoms with van der Waals surface area (Å²) in [7, 11) is 0.